The zero-order chi connectivity index (χ0) is 20.7. The van der Waals surface area contributed by atoms with Gasteiger partial charge in [0.05, 0.1) is 28.1 Å². The topological polar surface area (TPSA) is 150 Å². The summed E-state index contributed by atoms with van der Waals surface area (Å²) in [6.07, 6.45) is 0. The van der Waals surface area contributed by atoms with Crippen molar-refractivity contribution in [1.29, 1.82) is 0 Å². The number of methoxy groups -OCH3 is 1. The molecule has 0 fully saturated rings. The van der Waals surface area contributed by atoms with Gasteiger partial charge in [0.1, 0.15) is 7.14 Å². The van der Waals surface area contributed by atoms with Crippen LogP contribution in [0.15, 0.2) is 36.4 Å². The number of halogens is 2. The highest BCUT2D eigenvalue weighted by Gasteiger charge is 2.19. The first-order valence-corrected chi connectivity index (χ1v) is 8.95. The number of nitro groups is 2. The van der Waals surface area contributed by atoms with Crippen molar-refractivity contribution in [2.75, 3.05) is 7.11 Å². The average Bonchev–Trinajstić information content (AvgIpc) is 2.61. The van der Waals surface area contributed by atoms with Crippen molar-refractivity contribution in [2.45, 2.75) is 0 Å². The molecule has 12 heteroatoms. The molecule has 0 unspecified atom stereocenters. The Labute approximate surface area is 179 Å². The third-order valence-corrected chi connectivity index (χ3v) is 5.25. The number of nitro benzene ring substituents is 2. The van der Waals surface area contributed by atoms with E-state index in [0.29, 0.717) is 3.57 Å². The van der Waals surface area contributed by atoms with E-state index in [0.717, 1.165) is 0 Å². The van der Waals surface area contributed by atoms with Crippen LogP contribution in [0.4, 0.5) is 11.4 Å². The number of carbonyl (C=O) groups excluding carboxylic acids is 1. The Balaban J connectivity index is 0.000000271. The Bertz CT molecular complexity index is 884. The fourth-order valence-electron chi connectivity index (χ4n) is 1.75. The first-order chi connectivity index (χ1) is 12.6. The van der Waals surface area contributed by atoms with E-state index >= 15 is 0 Å². The van der Waals surface area contributed by atoms with Gasteiger partial charge in [-0.3, -0.25) is 20.2 Å². The molecule has 1 N–H and O–H groups in total. The van der Waals surface area contributed by atoms with Gasteiger partial charge in [-0.2, -0.15) is 0 Å². The number of carboxylic acids is 1. The Morgan fingerprint density at radius 1 is 0.926 bits per heavy atom. The van der Waals surface area contributed by atoms with E-state index in [2.05, 4.69) is 4.74 Å². The van der Waals surface area contributed by atoms with Gasteiger partial charge in [-0.05, 0) is 57.3 Å². The van der Waals surface area contributed by atoms with Crippen LogP contribution in [0.3, 0.4) is 0 Å². The number of aromatic carboxylic acids is 1. The molecule has 0 saturated carbocycles. The molecule has 0 aromatic heterocycles. The van der Waals surface area contributed by atoms with Gasteiger partial charge in [0.15, 0.2) is 0 Å². The van der Waals surface area contributed by atoms with Crippen LogP contribution >= 0.6 is 45.2 Å². The Kier molecular flexibility index (Phi) is 8.48. The summed E-state index contributed by atoms with van der Waals surface area (Å²) in [6, 6.07) is 8.23. The molecule has 0 amide bonds. The molecule has 2 aromatic rings. The first-order valence-electron chi connectivity index (χ1n) is 6.79. The molecule has 0 bridgehead atoms. The molecule has 0 aliphatic heterocycles. The van der Waals surface area contributed by atoms with Crippen molar-refractivity contribution in [3.05, 3.63) is 74.9 Å². The number of carboxylic acid groups (broad SMARTS) is 1. The summed E-state index contributed by atoms with van der Waals surface area (Å²) in [5.74, 6) is -1.73. The molecule has 0 aliphatic carbocycles. The monoisotopic (exact) mass is 600 g/mol. The maximum Gasteiger partial charge on any atom is 0.339 e. The fraction of sp³-hybridized carbons (Fsp3) is 0.0667. The van der Waals surface area contributed by atoms with Crippen molar-refractivity contribution < 1.29 is 29.3 Å². The normalized spacial score (nSPS) is 9.59. The highest BCUT2D eigenvalue weighted by molar-refractivity contribution is 14.1. The van der Waals surface area contributed by atoms with Gasteiger partial charge in [0, 0.05) is 12.1 Å². The third-order valence-electron chi connectivity index (χ3n) is 2.99. The summed E-state index contributed by atoms with van der Waals surface area (Å²) in [5, 5.41) is 29.6. The summed E-state index contributed by atoms with van der Waals surface area (Å²) in [6.45, 7) is 0. The number of rotatable bonds is 4. The summed E-state index contributed by atoms with van der Waals surface area (Å²) in [5.41, 5.74) is -0.105. The second-order valence-electron chi connectivity index (χ2n) is 4.59. The molecule has 2 rings (SSSR count). The zero-order valence-electron chi connectivity index (χ0n) is 13.4. The zero-order valence-corrected chi connectivity index (χ0v) is 17.7. The van der Waals surface area contributed by atoms with E-state index in [9.17, 15) is 29.8 Å². The lowest BCUT2D eigenvalue weighted by molar-refractivity contribution is -0.386. The van der Waals surface area contributed by atoms with Crippen molar-refractivity contribution in [1.82, 2.24) is 0 Å². The fourth-order valence-corrected chi connectivity index (χ4v) is 3.32. The molecule has 27 heavy (non-hydrogen) atoms. The van der Waals surface area contributed by atoms with Gasteiger partial charge in [0.2, 0.25) is 0 Å². The second-order valence-corrected chi connectivity index (χ2v) is 6.75. The van der Waals surface area contributed by atoms with Gasteiger partial charge in [-0.25, -0.2) is 9.59 Å². The molecule has 10 nitrogen and oxygen atoms in total. The highest BCUT2D eigenvalue weighted by atomic mass is 127. The van der Waals surface area contributed by atoms with Crippen LogP contribution in [-0.2, 0) is 4.74 Å². The molecular formula is C15H10I2N2O8. The minimum absolute atomic E-state index is 0.0465. The average molecular weight is 600 g/mol. The van der Waals surface area contributed by atoms with E-state index in [1.807, 2.05) is 0 Å². The summed E-state index contributed by atoms with van der Waals surface area (Å²) < 4.78 is 4.93. The number of esters is 1. The van der Waals surface area contributed by atoms with Crippen LogP contribution in [0.1, 0.15) is 20.7 Å². The number of carbonyl (C=O) groups is 2. The Hall–Kier alpha value is -2.36. The van der Waals surface area contributed by atoms with Gasteiger partial charge in [-0.15, -0.1) is 0 Å². The maximum absolute atomic E-state index is 11.2. The van der Waals surface area contributed by atoms with Crippen LogP contribution in [0, 0.1) is 27.4 Å². The van der Waals surface area contributed by atoms with Crippen molar-refractivity contribution in [3.63, 3.8) is 0 Å². The Morgan fingerprint density at radius 3 is 1.70 bits per heavy atom. The van der Waals surface area contributed by atoms with E-state index < -0.39 is 21.8 Å². The van der Waals surface area contributed by atoms with Crippen LogP contribution in [0.5, 0.6) is 0 Å². The summed E-state index contributed by atoms with van der Waals surface area (Å²) in [7, 11) is 1.23. The molecule has 0 atom stereocenters. The summed E-state index contributed by atoms with van der Waals surface area (Å²) in [4.78, 5) is 41.5. The van der Waals surface area contributed by atoms with E-state index in [1.54, 1.807) is 45.2 Å². The second kappa shape index (κ2) is 10.1. The minimum atomic E-state index is -1.16. The smallest absolute Gasteiger partial charge is 0.339 e. The van der Waals surface area contributed by atoms with Crippen LogP contribution in [0.2, 0.25) is 0 Å². The maximum atomic E-state index is 11.2. The number of nitrogens with zero attached hydrogens (tertiary/aromatic N) is 2. The predicted octanol–water partition coefficient (Wildman–Crippen LogP) is 3.88. The molecule has 2 aromatic carbocycles. The van der Waals surface area contributed by atoms with E-state index in [1.165, 1.54) is 43.5 Å². The molecule has 0 radical (unpaired) electrons. The number of hydrogen-bond acceptors (Lipinski definition) is 7. The van der Waals surface area contributed by atoms with Gasteiger partial charge < -0.3 is 9.84 Å². The van der Waals surface area contributed by atoms with Crippen LogP contribution in [0.25, 0.3) is 0 Å². The number of hydrogen-bond donors (Lipinski definition) is 1. The van der Waals surface area contributed by atoms with Crippen molar-refractivity contribution >= 4 is 68.5 Å². The summed E-state index contributed by atoms with van der Waals surface area (Å²) >= 11 is 3.40. The van der Waals surface area contributed by atoms with E-state index in [-0.39, 0.29) is 26.1 Å². The van der Waals surface area contributed by atoms with Crippen LogP contribution in [-0.4, -0.2) is 34.0 Å². The van der Waals surface area contributed by atoms with E-state index in [4.69, 9.17) is 5.11 Å². The minimum Gasteiger partial charge on any atom is -0.478 e. The van der Waals surface area contributed by atoms with Gasteiger partial charge in [0.25, 0.3) is 11.4 Å². The van der Waals surface area contributed by atoms with Crippen molar-refractivity contribution in [2.24, 2.45) is 0 Å². The molecular weight excluding hydrogens is 590 g/mol. The number of benzene rings is 2. The molecule has 142 valence electrons. The lowest BCUT2D eigenvalue weighted by atomic mass is 10.2. The quantitative estimate of drug-likeness (QED) is 0.241. The largest absolute Gasteiger partial charge is 0.478 e. The predicted molar refractivity (Wildman–Crippen MR) is 110 cm³/mol. The standard InChI is InChI=1S/C8H6INO4.C7H4INO4/c1-14-8(11)5-3-2-4-6(7(5)9)10(12)13;8-6-4(7(10)11)2-1-3-5(6)9(12)13/h2-4H,1H3;1-3H,(H,10,11). The van der Waals surface area contributed by atoms with Gasteiger partial charge in [-0.1, -0.05) is 12.1 Å². The Morgan fingerprint density at radius 2 is 1.33 bits per heavy atom. The molecule has 0 spiro atoms. The van der Waals surface area contributed by atoms with Gasteiger partial charge >= 0.3 is 11.9 Å². The van der Waals surface area contributed by atoms with Crippen LogP contribution < -0.4 is 0 Å². The molecule has 0 saturated heterocycles. The molecule has 0 aliphatic rings. The number of ether oxygens (including phenoxy) is 1. The highest BCUT2D eigenvalue weighted by Crippen LogP contribution is 2.25. The lowest BCUT2D eigenvalue weighted by Gasteiger charge is -2.01. The molecule has 0 heterocycles. The SMILES string of the molecule is COC(=O)c1cccc([N+](=O)[O-])c1I.O=C(O)c1cccc([N+](=O)[O-])c1I. The van der Waals surface area contributed by atoms with Crippen molar-refractivity contribution in [3.8, 4) is 0 Å². The third kappa shape index (κ3) is 5.81. The lowest BCUT2D eigenvalue weighted by Crippen LogP contribution is -2.05. The first kappa shape index (κ1) is 22.7.